The first kappa shape index (κ1) is 36.9. The quantitative estimate of drug-likeness (QED) is 0.130. The van der Waals surface area contributed by atoms with E-state index < -0.39 is 5.41 Å². The van der Waals surface area contributed by atoms with Crippen molar-refractivity contribution in [3.63, 3.8) is 0 Å². The van der Waals surface area contributed by atoms with Crippen LogP contribution in [-0.2, 0) is 5.41 Å². The molecule has 0 amide bonds. The minimum absolute atomic E-state index is 0.415. The second-order valence-electron chi connectivity index (χ2n) is 15.2. The summed E-state index contributed by atoms with van der Waals surface area (Å²) in [5.41, 5.74) is 23.4. The third kappa shape index (κ3) is 6.37. The van der Waals surface area contributed by atoms with Gasteiger partial charge in [0.1, 0.15) is 0 Å². The molecule has 0 saturated heterocycles. The van der Waals surface area contributed by atoms with Gasteiger partial charge in [-0.05, 0) is 109 Å². The van der Waals surface area contributed by atoms with Crippen molar-refractivity contribution < 1.29 is 0 Å². The van der Waals surface area contributed by atoms with Gasteiger partial charge in [-0.15, -0.1) is 11.3 Å². The summed E-state index contributed by atoms with van der Waals surface area (Å²) in [5.74, 6) is 0. The number of nitrogens with one attached hydrogen (secondary N) is 1. The highest BCUT2D eigenvalue weighted by molar-refractivity contribution is 7.20. The van der Waals surface area contributed by atoms with Crippen LogP contribution in [0.5, 0.6) is 0 Å². The van der Waals surface area contributed by atoms with Crippen LogP contribution in [0.2, 0.25) is 0 Å². The van der Waals surface area contributed by atoms with Crippen LogP contribution in [-0.4, -0.2) is 0 Å². The van der Waals surface area contributed by atoms with Gasteiger partial charge in [0, 0.05) is 38.1 Å². The van der Waals surface area contributed by atoms with E-state index in [0.717, 1.165) is 16.9 Å². The predicted molar refractivity (Wildman–Crippen MR) is 259 cm³/mol. The molecule has 1 spiro atoms. The Morgan fingerprint density at radius 2 is 1.27 bits per heavy atom. The molecule has 2 nitrogen and oxygen atoms in total. The number of thiophene rings is 1. The van der Waals surface area contributed by atoms with Crippen LogP contribution in [0.15, 0.2) is 219 Å². The van der Waals surface area contributed by atoms with Crippen LogP contribution in [0.4, 0.5) is 11.4 Å². The molecular weight excluding hydrogens is 745 g/mol. The highest BCUT2D eigenvalue weighted by atomic mass is 32.1. The highest BCUT2D eigenvalue weighted by Gasteiger charge is 2.53. The molecular formula is C57H42N2S. The van der Waals surface area contributed by atoms with E-state index in [1.165, 1.54) is 81.7 Å². The maximum absolute atomic E-state index is 5.36. The Morgan fingerprint density at radius 3 is 2.10 bits per heavy atom. The fourth-order valence-corrected chi connectivity index (χ4v) is 10.5. The third-order valence-corrected chi connectivity index (χ3v) is 13.0. The first-order valence-electron chi connectivity index (χ1n) is 20.3. The van der Waals surface area contributed by atoms with E-state index in [0.29, 0.717) is 0 Å². The zero-order valence-electron chi connectivity index (χ0n) is 33.1. The number of allylic oxidation sites excluding steroid dienone is 8. The topological polar surface area (TPSA) is 38.0 Å². The van der Waals surface area contributed by atoms with Crippen LogP contribution >= 0.6 is 11.3 Å². The molecule has 3 aliphatic carbocycles. The van der Waals surface area contributed by atoms with Crippen molar-refractivity contribution in [2.75, 3.05) is 11.1 Å². The van der Waals surface area contributed by atoms with Gasteiger partial charge in [0.15, 0.2) is 0 Å². The van der Waals surface area contributed by atoms with E-state index in [-0.39, 0.29) is 0 Å². The molecule has 0 aliphatic heterocycles. The number of anilines is 2. The molecule has 1 heterocycles. The first-order valence-corrected chi connectivity index (χ1v) is 21.1. The Labute approximate surface area is 356 Å². The maximum atomic E-state index is 5.36. The fraction of sp³-hybridized carbons (Fsp3) is 0.0175. The fourth-order valence-electron chi connectivity index (χ4n) is 9.01. The molecule has 7 aromatic carbocycles. The average Bonchev–Trinajstić information content (AvgIpc) is 3.85. The molecule has 0 fully saturated rings. The number of rotatable bonds is 6. The van der Waals surface area contributed by atoms with Crippen LogP contribution in [0, 0.1) is 0 Å². The SMILES string of the molecule is C=C/C=C\C=C/c1ccc2c(c1)C1(c3ccccc3-c3ccc(-c4ccc(N/C=C5/C=CC=Cc6ccccc65)cc4)cc31)c1sc3ccccc3c1-2.Nc1ccccc1. The van der Waals surface area contributed by atoms with E-state index in [1.54, 1.807) is 0 Å². The number of nitrogens with two attached hydrogens (primary N) is 1. The molecule has 3 N–H and O–H groups in total. The van der Waals surface area contributed by atoms with Crippen molar-refractivity contribution in [2.24, 2.45) is 0 Å². The van der Waals surface area contributed by atoms with Crippen molar-refractivity contribution in [2.45, 2.75) is 5.41 Å². The smallest absolute Gasteiger partial charge is 0.0819 e. The molecule has 286 valence electrons. The number of fused-ring (bicyclic) bond motifs is 13. The average molecular weight is 787 g/mol. The van der Waals surface area contributed by atoms with Gasteiger partial charge in [-0.3, -0.25) is 0 Å². The van der Waals surface area contributed by atoms with Crippen LogP contribution < -0.4 is 11.1 Å². The summed E-state index contributed by atoms with van der Waals surface area (Å²) in [5, 5.41) is 4.90. The zero-order chi connectivity index (χ0) is 40.5. The molecule has 1 aromatic heterocycles. The summed E-state index contributed by atoms with van der Waals surface area (Å²) < 4.78 is 1.33. The summed E-state index contributed by atoms with van der Waals surface area (Å²) in [7, 11) is 0. The Morgan fingerprint density at radius 1 is 0.567 bits per heavy atom. The van der Waals surface area contributed by atoms with Crippen molar-refractivity contribution in [1.29, 1.82) is 0 Å². The van der Waals surface area contributed by atoms with Gasteiger partial charge in [-0.2, -0.15) is 0 Å². The van der Waals surface area contributed by atoms with Crippen molar-refractivity contribution in [3.05, 3.63) is 257 Å². The molecule has 1 unspecified atom stereocenters. The number of para-hydroxylation sites is 1. The number of hydrogen-bond donors (Lipinski definition) is 2. The third-order valence-electron chi connectivity index (χ3n) is 11.7. The summed E-state index contributed by atoms with van der Waals surface area (Å²) in [6.07, 6.45) is 20.7. The summed E-state index contributed by atoms with van der Waals surface area (Å²) in [6.45, 7) is 3.82. The van der Waals surface area contributed by atoms with Gasteiger partial charge in [0.2, 0.25) is 0 Å². The molecule has 8 aromatic rings. The second-order valence-corrected chi connectivity index (χ2v) is 16.2. The van der Waals surface area contributed by atoms with E-state index in [9.17, 15) is 0 Å². The lowest BCUT2D eigenvalue weighted by Crippen LogP contribution is -2.25. The maximum Gasteiger partial charge on any atom is 0.0819 e. The van der Waals surface area contributed by atoms with Gasteiger partial charge in [-0.25, -0.2) is 0 Å². The largest absolute Gasteiger partial charge is 0.399 e. The zero-order valence-corrected chi connectivity index (χ0v) is 33.9. The molecule has 3 aliphatic rings. The predicted octanol–water partition coefficient (Wildman–Crippen LogP) is 15.0. The van der Waals surface area contributed by atoms with Gasteiger partial charge in [-0.1, -0.05) is 183 Å². The Bertz CT molecular complexity index is 3080. The standard InChI is InChI=1S/C51H35NS.C6H7N/c1-2-3-4-5-14-34-23-29-43-46(31-34)51(50-49(43)44-20-11-13-22-48(44)53-50)45-21-12-10-19-41(45)42-30-26-37(32-47(42)51)35-24-27-39(28-25-35)52-33-38-17-7-6-15-36-16-8-9-18-40(36)38;7-6-4-2-1-3-5-6/h2-33,52H,1H2;1-5H,7H2/b4-3-,14-5-,38-33-;. The van der Waals surface area contributed by atoms with Crippen LogP contribution in [0.25, 0.3) is 61.2 Å². The number of hydrogen-bond acceptors (Lipinski definition) is 3. The molecule has 0 bridgehead atoms. The van der Waals surface area contributed by atoms with Gasteiger partial charge < -0.3 is 11.1 Å². The lowest BCUT2D eigenvalue weighted by molar-refractivity contribution is 0.811. The molecule has 60 heavy (non-hydrogen) atoms. The van der Waals surface area contributed by atoms with E-state index in [4.69, 9.17) is 5.73 Å². The normalized spacial score (nSPS) is 16.0. The summed E-state index contributed by atoms with van der Waals surface area (Å²) >= 11 is 1.95. The minimum Gasteiger partial charge on any atom is -0.399 e. The summed E-state index contributed by atoms with van der Waals surface area (Å²) in [6, 6.07) is 59.0. The van der Waals surface area contributed by atoms with E-state index in [1.807, 2.05) is 59.9 Å². The van der Waals surface area contributed by atoms with Gasteiger partial charge in [0.25, 0.3) is 0 Å². The Balaban J connectivity index is 0.000000564. The van der Waals surface area contributed by atoms with E-state index >= 15 is 0 Å². The van der Waals surface area contributed by atoms with E-state index in [2.05, 4.69) is 188 Å². The van der Waals surface area contributed by atoms with Crippen LogP contribution in [0.1, 0.15) is 38.3 Å². The van der Waals surface area contributed by atoms with Crippen molar-refractivity contribution in [3.8, 4) is 33.4 Å². The second kappa shape index (κ2) is 15.7. The number of benzene rings is 7. The Kier molecular flexibility index (Phi) is 9.65. The molecule has 0 saturated carbocycles. The van der Waals surface area contributed by atoms with Crippen molar-refractivity contribution in [1.82, 2.24) is 0 Å². The van der Waals surface area contributed by atoms with Crippen molar-refractivity contribution >= 4 is 50.5 Å². The highest BCUT2D eigenvalue weighted by Crippen LogP contribution is 2.66. The molecule has 3 heteroatoms. The molecule has 11 rings (SSSR count). The molecule has 0 radical (unpaired) electrons. The molecule has 1 atom stereocenters. The minimum atomic E-state index is -0.415. The van der Waals surface area contributed by atoms with Crippen LogP contribution in [0.3, 0.4) is 0 Å². The summed E-state index contributed by atoms with van der Waals surface area (Å²) in [4.78, 5) is 1.42. The van der Waals surface area contributed by atoms with Gasteiger partial charge in [0.05, 0.1) is 5.41 Å². The Hall–Kier alpha value is -7.46. The first-order chi connectivity index (χ1) is 29.6. The van der Waals surface area contributed by atoms with Gasteiger partial charge >= 0.3 is 0 Å². The lowest BCUT2D eigenvalue weighted by Gasteiger charge is -2.30. The monoisotopic (exact) mass is 786 g/mol. The number of nitrogen functional groups attached to an aromatic ring is 1. The lowest BCUT2D eigenvalue weighted by atomic mass is 9.73.